The highest BCUT2D eigenvalue weighted by Crippen LogP contribution is 2.28. The van der Waals surface area contributed by atoms with Crippen LogP contribution in [-0.4, -0.2) is 26.4 Å². The normalized spacial score (nSPS) is 10.7. The predicted octanol–water partition coefficient (Wildman–Crippen LogP) is 3.41. The lowest BCUT2D eigenvalue weighted by Gasteiger charge is -2.10. The van der Waals surface area contributed by atoms with Crippen LogP contribution in [0, 0.1) is 5.82 Å². The molecule has 1 aromatic carbocycles. The molecular formula is C18H17ClFN5O. The van der Waals surface area contributed by atoms with Gasteiger partial charge in [-0.05, 0) is 18.2 Å². The summed E-state index contributed by atoms with van der Waals surface area (Å²) in [6.45, 7) is 3.96. The third kappa shape index (κ3) is 4.00. The first-order valence-corrected chi connectivity index (χ1v) is 8.19. The number of hydrogen-bond donors (Lipinski definition) is 1. The molecule has 3 rings (SSSR count). The molecule has 0 saturated heterocycles. The van der Waals surface area contributed by atoms with Crippen LogP contribution in [0.5, 0.6) is 5.75 Å². The van der Waals surface area contributed by atoms with Gasteiger partial charge in [0, 0.05) is 36.9 Å². The molecule has 0 unspecified atom stereocenters. The largest absolute Gasteiger partial charge is 0.489 e. The van der Waals surface area contributed by atoms with E-state index in [0.29, 0.717) is 35.7 Å². The Hall–Kier alpha value is -2.93. The van der Waals surface area contributed by atoms with Gasteiger partial charge >= 0.3 is 0 Å². The van der Waals surface area contributed by atoms with E-state index in [2.05, 4.69) is 21.6 Å². The maximum absolute atomic E-state index is 13.8. The average Bonchev–Trinajstić information content (AvgIpc) is 2.94. The molecule has 0 aliphatic rings. The molecule has 2 N–H and O–H groups in total. The topological polar surface area (TPSA) is 78.8 Å². The Balaban J connectivity index is 2.01. The molecule has 2 heterocycles. The molecular weight excluding hydrogens is 357 g/mol. The number of rotatable bonds is 6. The molecule has 0 spiro atoms. The van der Waals surface area contributed by atoms with Crippen LogP contribution in [0.25, 0.3) is 11.4 Å². The van der Waals surface area contributed by atoms with Crippen molar-refractivity contribution in [1.82, 2.24) is 19.7 Å². The molecule has 0 bridgehead atoms. The highest BCUT2D eigenvalue weighted by atomic mass is 35.5. The van der Waals surface area contributed by atoms with Crippen LogP contribution in [0.4, 0.5) is 10.3 Å². The van der Waals surface area contributed by atoms with Gasteiger partial charge in [-0.15, -0.1) is 0 Å². The fraction of sp³-hybridized carbons (Fsp3) is 0.167. The third-order valence-electron chi connectivity index (χ3n) is 3.62. The number of hydrogen-bond acceptors (Lipinski definition) is 5. The van der Waals surface area contributed by atoms with Gasteiger partial charge in [-0.1, -0.05) is 24.3 Å². The first-order chi connectivity index (χ1) is 12.5. The number of nitrogen functional groups attached to an aromatic ring is 1. The van der Waals surface area contributed by atoms with Crippen molar-refractivity contribution in [2.24, 2.45) is 7.05 Å². The molecule has 0 aliphatic heterocycles. The quantitative estimate of drug-likeness (QED) is 0.529. The van der Waals surface area contributed by atoms with Crippen molar-refractivity contribution in [2.75, 3.05) is 12.3 Å². The summed E-state index contributed by atoms with van der Waals surface area (Å²) in [5, 5.41) is 4.66. The van der Waals surface area contributed by atoms with Crippen LogP contribution < -0.4 is 10.5 Å². The summed E-state index contributed by atoms with van der Waals surface area (Å²) in [5.74, 6) is 0.303. The fourth-order valence-corrected chi connectivity index (χ4v) is 2.81. The summed E-state index contributed by atoms with van der Waals surface area (Å²) < 4.78 is 21.0. The molecule has 0 aliphatic carbocycles. The van der Waals surface area contributed by atoms with Crippen LogP contribution in [0.1, 0.15) is 11.1 Å². The first kappa shape index (κ1) is 17.9. The lowest BCUT2D eigenvalue weighted by Crippen LogP contribution is -2.01. The maximum Gasteiger partial charge on any atom is 0.222 e. The highest BCUT2D eigenvalue weighted by Gasteiger charge is 2.16. The van der Waals surface area contributed by atoms with Gasteiger partial charge in [0.05, 0.1) is 5.69 Å². The zero-order valence-corrected chi connectivity index (χ0v) is 14.9. The second-order valence-corrected chi connectivity index (χ2v) is 6.03. The minimum Gasteiger partial charge on any atom is -0.489 e. The Morgan fingerprint density at radius 1 is 1.31 bits per heavy atom. The lowest BCUT2D eigenvalue weighted by atomic mass is 10.0. The number of aryl methyl sites for hydroxylation is 1. The maximum atomic E-state index is 13.8. The van der Waals surface area contributed by atoms with Gasteiger partial charge < -0.3 is 10.5 Å². The first-order valence-electron chi connectivity index (χ1n) is 7.81. The van der Waals surface area contributed by atoms with Gasteiger partial charge in [-0.2, -0.15) is 5.10 Å². The van der Waals surface area contributed by atoms with Crippen molar-refractivity contribution < 1.29 is 9.13 Å². The van der Waals surface area contributed by atoms with Gasteiger partial charge in [0.25, 0.3) is 0 Å². The van der Waals surface area contributed by atoms with E-state index in [4.69, 9.17) is 22.1 Å². The van der Waals surface area contributed by atoms with Gasteiger partial charge in [0.2, 0.25) is 5.95 Å². The molecule has 0 fully saturated rings. The molecule has 0 atom stereocenters. The molecule has 8 heteroatoms. The van der Waals surface area contributed by atoms with Crippen LogP contribution >= 0.6 is 11.6 Å². The molecule has 134 valence electrons. The number of aromatic nitrogens is 4. The van der Waals surface area contributed by atoms with Gasteiger partial charge in [0.1, 0.15) is 29.0 Å². The van der Waals surface area contributed by atoms with E-state index >= 15 is 0 Å². The van der Waals surface area contributed by atoms with E-state index in [-0.39, 0.29) is 16.9 Å². The molecule has 0 radical (unpaired) electrons. The molecule has 6 nitrogen and oxygen atoms in total. The number of nitrogens with zero attached hydrogens (tertiary/aromatic N) is 4. The standard InChI is InChI=1S/C18H17ClFN5O/c1-3-6-26-15-5-4-13(20)8-11(15)7-12-10-25(2)24-17(12)14-9-16(19)23-18(21)22-14/h3-5,8-10H,1,6-7H2,2H3,(H2,21,22,23). The SMILES string of the molecule is C=CCOc1ccc(F)cc1Cc1cn(C)nc1-c1cc(Cl)nc(N)n1. The summed E-state index contributed by atoms with van der Waals surface area (Å²) >= 11 is 5.98. The number of ether oxygens (including phenoxy) is 1. The summed E-state index contributed by atoms with van der Waals surface area (Å²) in [6.07, 6.45) is 3.87. The average molecular weight is 374 g/mol. The fourth-order valence-electron chi connectivity index (χ4n) is 2.62. The van der Waals surface area contributed by atoms with Crippen LogP contribution in [0.2, 0.25) is 5.15 Å². The Labute approximate surface area is 155 Å². The van der Waals surface area contributed by atoms with E-state index in [1.807, 2.05) is 6.20 Å². The van der Waals surface area contributed by atoms with Crippen molar-refractivity contribution in [1.29, 1.82) is 0 Å². The zero-order chi connectivity index (χ0) is 18.7. The lowest BCUT2D eigenvalue weighted by molar-refractivity contribution is 0.359. The van der Waals surface area contributed by atoms with E-state index in [9.17, 15) is 4.39 Å². The van der Waals surface area contributed by atoms with Crippen molar-refractivity contribution in [3.05, 3.63) is 65.2 Å². The molecule has 26 heavy (non-hydrogen) atoms. The van der Waals surface area contributed by atoms with Crippen molar-refractivity contribution in [3.63, 3.8) is 0 Å². The van der Waals surface area contributed by atoms with E-state index in [1.54, 1.807) is 29.9 Å². The molecule has 2 aromatic heterocycles. The monoisotopic (exact) mass is 373 g/mol. The van der Waals surface area contributed by atoms with Crippen molar-refractivity contribution in [3.8, 4) is 17.1 Å². The number of halogens is 2. The number of nitrogens with two attached hydrogens (primary N) is 1. The number of benzene rings is 1. The Kier molecular flexibility index (Phi) is 5.18. The van der Waals surface area contributed by atoms with E-state index in [0.717, 1.165) is 5.56 Å². The molecule has 0 saturated carbocycles. The second-order valence-electron chi connectivity index (χ2n) is 5.64. The van der Waals surface area contributed by atoms with E-state index < -0.39 is 0 Å². The summed E-state index contributed by atoms with van der Waals surface area (Å²) in [5.41, 5.74) is 8.31. The zero-order valence-electron chi connectivity index (χ0n) is 14.1. The van der Waals surface area contributed by atoms with Crippen molar-refractivity contribution in [2.45, 2.75) is 6.42 Å². The van der Waals surface area contributed by atoms with Gasteiger partial charge in [-0.25, -0.2) is 14.4 Å². The Morgan fingerprint density at radius 2 is 2.12 bits per heavy atom. The number of anilines is 1. The van der Waals surface area contributed by atoms with Gasteiger partial charge in [-0.3, -0.25) is 4.68 Å². The third-order valence-corrected chi connectivity index (χ3v) is 3.81. The van der Waals surface area contributed by atoms with E-state index in [1.165, 1.54) is 12.1 Å². The van der Waals surface area contributed by atoms with Crippen LogP contribution in [-0.2, 0) is 13.5 Å². The molecule has 0 amide bonds. The summed E-state index contributed by atoms with van der Waals surface area (Å²) in [4.78, 5) is 8.06. The summed E-state index contributed by atoms with van der Waals surface area (Å²) in [7, 11) is 1.79. The summed E-state index contributed by atoms with van der Waals surface area (Å²) in [6, 6.07) is 5.99. The Bertz CT molecular complexity index is 936. The minimum atomic E-state index is -0.342. The van der Waals surface area contributed by atoms with Crippen molar-refractivity contribution >= 4 is 17.5 Å². The molecule has 3 aromatic rings. The second kappa shape index (κ2) is 7.53. The van der Waals surface area contributed by atoms with Crippen LogP contribution in [0.3, 0.4) is 0 Å². The van der Waals surface area contributed by atoms with Crippen LogP contribution in [0.15, 0.2) is 43.1 Å². The Morgan fingerprint density at radius 3 is 2.85 bits per heavy atom. The highest BCUT2D eigenvalue weighted by molar-refractivity contribution is 6.29. The predicted molar refractivity (Wildman–Crippen MR) is 98.6 cm³/mol. The van der Waals surface area contributed by atoms with Gasteiger partial charge in [0.15, 0.2) is 0 Å². The smallest absolute Gasteiger partial charge is 0.222 e. The minimum absolute atomic E-state index is 0.0601.